The molecule has 0 fully saturated rings. The third kappa shape index (κ3) is 5.03. The molecule has 15 heavy (non-hydrogen) atoms. The van der Waals surface area contributed by atoms with Crippen molar-refractivity contribution < 1.29 is 0 Å². The van der Waals surface area contributed by atoms with Crippen LogP contribution < -0.4 is 0 Å². The first-order chi connectivity index (χ1) is 7.34. The van der Waals surface area contributed by atoms with E-state index in [9.17, 15) is 0 Å². The second-order valence-corrected chi connectivity index (χ2v) is 4.17. The van der Waals surface area contributed by atoms with Gasteiger partial charge in [-0.3, -0.25) is 0 Å². The first-order valence-electron chi connectivity index (χ1n) is 5.75. The highest BCUT2D eigenvalue weighted by molar-refractivity contribution is 6.48. The monoisotopic (exact) mass is 222 g/mol. The number of benzene rings is 1. The van der Waals surface area contributed by atoms with E-state index in [-0.39, 0.29) is 0 Å². The van der Waals surface area contributed by atoms with E-state index in [1.807, 2.05) is 30.3 Å². The number of halogens is 1. The Morgan fingerprint density at radius 2 is 1.87 bits per heavy atom. The molecule has 0 atom stereocenters. The Bertz CT molecular complexity index is 287. The van der Waals surface area contributed by atoms with E-state index in [4.69, 9.17) is 11.6 Å². The Morgan fingerprint density at radius 3 is 2.53 bits per heavy atom. The SMILES string of the molecule is CCCCCC/C=C(\Cl)c1ccccc1. The molecule has 0 saturated heterocycles. The van der Waals surface area contributed by atoms with Gasteiger partial charge in [0.05, 0.1) is 0 Å². The van der Waals surface area contributed by atoms with Gasteiger partial charge < -0.3 is 0 Å². The Labute approximate surface area is 98.0 Å². The van der Waals surface area contributed by atoms with E-state index in [0.29, 0.717) is 0 Å². The van der Waals surface area contributed by atoms with Crippen molar-refractivity contribution in [2.75, 3.05) is 0 Å². The van der Waals surface area contributed by atoms with Crippen LogP contribution in [0.2, 0.25) is 0 Å². The molecule has 1 heteroatoms. The fourth-order valence-corrected chi connectivity index (χ4v) is 1.75. The van der Waals surface area contributed by atoms with Crippen molar-refractivity contribution in [3.63, 3.8) is 0 Å². The maximum atomic E-state index is 6.18. The predicted molar refractivity (Wildman–Crippen MR) is 69.0 cm³/mol. The van der Waals surface area contributed by atoms with Crippen LogP contribution >= 0.6 is 11.6 Å². The standard InChI is InChI=1S/C14H19Cl/c1-2-3-4-5-9-12-14(15)13-10-7-6-8-11-13/h6-8,10-12H,2-5,9H2,1H3/b14-12-. The summed E-state index contributed by atoms with van der Waals surface area (Å²) in [5.41, 5.74) is 1.12. The van der Waals surface area contributed by atoms with Crippen LogP contribution in [0.1, 0.15) is 44.6 Å². The molecule has 0 spiro atoms. The van der Waals surface area contributed by atoms with Crippen LogP contribution in [0.15, 0.2) is 36.4 Å². The normalized spacial score (nSPS) is 11.7. The Morgan fingerprint density at radius 1 is 1.13 bits per heavy atom. The first-order valence-corrected chi connectivity index (χ1v) is 6.13. The molecule has 0 bridgehead atoms. The van der Waals surface area contributed by atoms with Gasteiger partial charge in [0.2, 0.25) is 0 Å². The number of hydrogen-bond acceptors (Lipinski definition) is 0. The maximum absolute atomic E-state index is 6.18. The molecular weight excluding hydrogens is 204 g/mol. The fraction of sp³-hybridized carbons (Fsp3) is 0.429. The second kappa shape index (κ2) is 7.53. The van der Waals surface area contributed by atoms with Gasteiger partial charge in [-0.25, -0.2) is 0 Å². The molecule has 0 heterocycles. The summed E-state index contributed by atoms with van der Waals surface area (Å²) in [6, 6.07) is 10.1. The van der Waals surface area contributed by atoms with Crippen molar-refractivity contribution >= 4 is 16.6 Å². The van der Waals surface area contributed by atoms with Crippen LogP contribution in [0.4, 0.5) is 0 Å². The van der Waals surface area contributed by atoms with Gasteiger partial charge in [-0.05, 0) is 18.4 Å². The minimum Gasteiger partial charge on any atom is -0.0840 e. The quantitative estimate of drug-likeness (QED) is 0.578. The lowest BCUT2D eigenvalue weighted by Gasteiger charge is -1.99. The van der Waals surface area contributed by atoms with Gasteiger partial charge in [0.25, 0.3) is 0 Å². The molecule has 0 amide bonds. The van der Waals surface area contributed by atoms with E-state index in [1.165, 1.54) is 25.7 Å². The van der Waals surface area contributed by atoms with Crippen LogP contribution in [0, 0.1) is 0 Å². The third-order valence-electron chi connectivity index (χ3n) is 2.43. The van der Waals surface area contributed by atoms with Crippen LogP contribution in [0.3, 0.4) is 0 Å². The van der Waals surface area contributed by atoms with Gasteiger partial charge in [-0.15, -0.1) is 0 Å². The van der Waals surface area contributed by atoms with Crippen molar-refractivity contribution in [3.05, 3.63) is 42.0 Å². The fourth-order valence-electron chi connectivity index (χ4n) is 1.52. The van der Waals surface area contributed by atoms with Crippen molar-refractivity contribution in [2.24, 2.45) is 0 Å². The topological polar surface area (TPSA) is 0 Å². The number of rotatable bonds is 6. The lowest BCUT2D eigenvalue weighted by Crippen LogP contribution is -1.77. The molecular formula is C14H19Cl. The summed E-state index contributed by atoms with van der Waals surface area (Å²) in [7, 11) is 0. The molecule has 0 saturated carbocycles. The van der Waals surface area contributed by atoms with E-state index >= 15 is 0 Å². The van der Waals surface area contributed by atoms with Gasteiger partial charge >= 0.3 is 0 Å². The highest BCUT2D eigenvalue weighted by atomic mass is 35.5. The van der Waals surface area contributed by atoms with Gasteiger partial charge in [0.1, 0.15) is 0 Å². The number of hydrogen-bond donors (Lipinski definition) is 0. The van der Waals surface area contributed by atoms with Gasteiger partial charge in [-0.2, -0.15) is 0 Å². The Balaban J connectivity index is 2.33. The highest BCUT2D eigenvalue weighted by Crippen LogP contribution is 2.19. The molecule has 0 unspecified atom stereocenters. The molecule has 1 aromatic rings. The summed E-state index contributed by atoms with van der Waals surface area (Å²) in [6.45, 7) is 2.23. The molecule has 0 radical (unpaired) electrons. The summed E-state index contributed by atoms with van der Waals surface area (Å²) in [4.78, 5) is 0. The molecule has 0 nitrogen and oxygen atoms in total. The minimum atomic E-state index is 0.882. The minimum absolute atomic E-state index is 0.882. The highest BCUT2D eigenvalue weighted by Gasteiger charge is 1.95. The summed E-state index contributed by atoms with van der Waals surface area (Å²) >= 11 is 6.18. The Kier molecular flexibility index (Phi) is 6.18. The van der Waals surface area contributed by atoms with Crippen molar-refractivity contribution in [1.29, 1.82) is 0 Å². The lowest BCUT2D eigenvalue weighted by atomic mass is 10.1. The zero-order chi connectivity index (χ0) is 10.9. The molecule has 0 aliphatic heterocycles. The molecule has 0 N–H and O–H groups in total. The zero-order valence-electron chi connectivity index (χ0n) is 9.38. The van der Waals surface area contributed by atoms with Crippen molar-refractivity contribution in [3.8, 4) is 0 Å². The molecule has 0 aromatic heterocycles. The van der Waals surface area contributed by atoms with Crippen molar-refractivity contribution in [1.82, 2.24) is 0 Å². The second-order valence-electron chi connectivity index (χ2n) is 3.77. The maximum Gasteiger partial charge on any atom is 0.0438 e. The van der Waals surface area contributed by atoms with Crippen molar-refractivity contribution in [2.45, 2.75) is 39.0 Å². The molecule has 82 valence electrons. The van der Waals surface area contributed by atoms with Gasteiger partial charge in [0, 0.05) is 5.03 Å². The van der Waals surface area contributed by atoms with Crippen LogP contribution in [-0.4, -0.2) is 0 Å². The van der Waals surface area contributed by atoms with Gasteiger partial charge in [0.15, 0.2) is 0 Å². The van der Waals surface area contributed by atoms with Crippen LogP contribution in [0.25, 0.3) is 5.03 Å². The van der Waals surface area contributed by atoms with Gasteiger partial charge in [-0.1, -0.05) is 74.2 Å². The average molecular weight is 223 g/mol. The van der Waals surface area contributed by atoms with E-state index in [2.05, 4.69) is 13.0 Å². The zero-order valence-corrected chi connectivity index (χ0v) is 10.1. The smallest absolute Gasteiger partial charge is 0.0438 e. The van der Waals surface area contributed by atoms with E-state index < -0.39 is 0 Å². The molecule has 0 aliphatic rings. The van der Waals surface area contributed by atoms with E-state index in [0.717, 1.165) is 17.0 Å². The summed E-state index contributed by atoms with van der Waals surface area (Å²) in [6.07, 6.45) is 8.40. The first kappa shape index (κ1) is 12.3. The summed E-state index contributed by atoms with van der Waals surface area (Å²) in [5, 5.41) is 0.882. The third-order valence-corrected chi connectivity index (χ3v) is 2.80. The number of unbranched alkanes of at least 4 members (excludes halogenated alkanes) is 4. The van der Waals surface area contributed by atoms with Crippen LogP contribution in [0.5, 0.6) is 0 Å². The Hall–Kier alpha value is -0.750. The molecule has 1 rings (SSSR count). The lowest BCUT2D eigenvalue weighted by molar-refractivity contribution is 0.675. The average Bonchev–Trinajstić information content (AvgIpc) is 2.30. The molecule has 0 aliphatic carbocycles. The summed E-state index contributed by atoms with van der Waals surface area (Å²) < 4.78 is 0. The number of allylic oxidation sites excluding steroid dienone is 1. The predicted octanol–water partition coefficient (Wildman–Crippen LogP) is 5.24. The van der Waals surface area contributed by atoms with E-state index in [1.54, 1.807) is 0 Å². The largest absolute Gasteiger partial charge is 0.0840 e. The molecule has 1 aromatic carbocycles. The van der Waals surface area contributed by atoms with Crippen LogP contribution in [-0.2, 0) is 0 Å². The summed E-state index contributed by atoms with van der Waals surface area (Å²) in [5.74, 6) is 0.